The van der Waals surface area contributed by atoms with Gasteiger partial charge in [-0.3, -0.25) is 0 Å². The Bertz CT molecular complexity index is 1980. The first-order valence-electron chi connectivity index (χ1n) is 16.6. The van der Waals surface area contributed by atoms with Gasteiger partial charge in [-0.15, -0.1) is 0 Å². The van der Waals surface area contributed by atoms with E-state index in [9.17, 15) is 9.90 Å². The Morgan fingerprint density at radius 3 is 2.27 bits per heavy atom. The smallest absolute Gasteiger partial charge is 0.350 e. The maximum atomic E-state index is 12.9. The predicted octanol–water partition coefficient (Wildman–Crippen LogP) is 3.27. The number of piperazine rings is 1. The van der Waals surface area contributed by atoms with Crippen molar-refractivity contribution in [3.8, 4) is 11.4 Å². The number of halogens is 2. The monoisotopic (exact) mass is 736 g/mol. The Kier molecular flexibility index (Phi) is 10.3. The van der Waals surface area contributed by atoms with Crippen LogP contribution in [0.4, 0.5) is 11.4 Å². The first-order valence-corrected chi connectivity index (χ1v) is 17.4. The third kappa shape index (κ3) is 7.61. The van der Waals surface area contributed by atoms with Crippen LogP contribution in [-0.4, -0.2) is 97.5 Å². The van der Waals surface area contributed by atoms with Crippen LogP contribution in [0.25, 0.3) is 5.69 Å². The molecule has 4 heterocycles. The Labute approximate surface area is 303 Å². The molecule has 3 atom stereocenters. The normalized spacial score (nSPS) is 19.8. The summed E-state index contributed by atoms with van der Waals surface area (Å²) < 4.78 is 23.2. The van der Waals surface area contributed by atoms with E-state index in [0.717, 1.165) is 43.3 Å². The van der Waals surface area contributed by atoms with Crippen LogP contribution in [0.2, 0.25) is 10.0 Å². The van der Waals surface area contributed by atoms with Crippen molar-refractivity contribution in [1.82, 2.24) is 29.1 Å². The number of aliphatic hydroxyl groups excluding tert-OH is 2. The minimum atomic E-state index is -1.17. The number of hydrogen-bond donors (Lipinski definition) is 2. The zero-order valence-electron chi connectivity index (χ0n) is 27.9. The molecule has 0 amide bonds. The molecule has 0 radical (unpaired) electrons. The maximum absolute atomic E-state index is 12.9. The molecule has 0 aliphatic carbocycles. The van der Waals surface area contributed by atoms with Crippen molar-refractivity contribution in [2.45, 2.75) is 38.0 Å². The van der Waals surface area contributed by atoms with Gasteiger partial charge >= 0.3 is 5.69 Å². The highest BCUT2D eigenvalue weighted by molar-refractivity contribution is 6.35. The van der Waals surface area contributed by atoms with Gasteiger partial charge in [-0.1, -0.05) is 29.3 Å². The average molecular weight is 738 g/mol. The maximum Gasteiger partial charge on any atom is 0.350 e. The van der Waals surface area contributed by atoms with Crippen molar-refractivity contribution in [1.29, 1.82) is 0 Å². The van der Waals surface area contributed by atoms with Gasteiger partial charge in [0.2, 0.25) is 5.79 Å². The van der Waals surface area contributed by atoms with E-state index in [1.54, 1.807) is 36.1 Å². The highest BCUT2D eigenvalue weighted by Gasteiger charge is 2.45. The second kappa shape index (κ2) is 15.0. The molecule has 3 unspecified atom stereocenters. The van der Waals surface area contributed by atoms with E-state index < -0.39 is 18.5 Å². The number of rotatable bonds is 12. The van der Waals surface area contributed by atoms with E-state index in [-0.39, 0.29) is 31.5 Å². The quantitative estimate of drug-likeness (QED) is 0.195. The van der Waals surface area contributed by atoms with Crippen molar-refractivity contribution >= 4 is 34.6 Å². The van der Waals surface area contributed by atoms with Crippen LogP contribution in [-0.2, 0) is 28.4 Å². The number of anilines is 2. The van der Waals surface area contributed by atoms with Gasteiger partial charge in [0.05, 0.1) is 36.6 Å². The van der Waals surface area contributed by atoms with Crippen molar-refractivity contribution in [2.75, 3.05) is 55.8 Å². The lowest BCUT2D eigenvalue weighted by molar-refractivity contribution is -0.190. The minimum Gasteiger partial charge on any atom is -0.491 e. The lowest BCUT2D eigenvalue weighted by Crippen LogP contribution is -2.46. The van der Waals surface area contributed by atoms with Crippen LogP contribution in [0, 0.1) is 6.92 Å². The summed E-state index contributed by atoms with van der Waals surface area (Å²) in [5.41, 5.74) is 3.16. The Balaban J connectivity index is 0.925. The van der Waals surface area contributed by atoms with Gasteiger partial charge in [0.15, 0.2) is 0 Å². The first kappa shape index (κ1) is 35.0. The molecule has 2 fully saturated rings. The molecule has 0 spiro atoms. The standard InChI is InChI=1S/C35H38Cl2N8O6/c1-24-40-44(17-29(47)18-46)34(48)45(24)28-5-3-26(4-6-28)41-12-14-42(15-13-41)27-7-9-30(10-8-27)49-19-31-20-50-35(51-31,21-43-23-38-22-39-43)32-11-2-25(36)16-33(32)37/h2-11,16,22-23,29,31,46-47H,12-15,17-21H2,1H3. The summed E-state index contributed by atoms with van der Waals surface area (Å²) in [6.07, 6.45) is 1.65. The summed E-state index contributed by atoms with van der Waals surface area (Å²) in [5.74, 6) is 0.0559. The molecule has 2 aliphatic rings. The van der Waals surface area contributed by atoms with Crippen LogP contribution >= 0.6 is 23.2 Å². The second-order valence-electron chi connectivity index (χ2n) is 12.5. The lowest BCUT2D eigenvalue weighted by Gasteiger charge is -2.37. The molecule has 2 N–H and O–H groups in total. The van der Waals surface area contributed by atoms with Crippen molar-refractivity contribution in [3.63, 3.8) is 0 Å². The average Bonchev–Trinajstić information content (AvgIpc) is 3.87. The fourth-order valence-electron chi connectivity index (χ4n) is 6.45. The third-order valence-electron chi connectivity index (χ3n) is 9.02. The summed E-state index contributed by atoms with van der Waals surface area (Å²) in [5, 5.41) is 28.3. The van der Waals surface area contributed by atoms with E-state index in [1.807, 2.05) is 36.4 Å². The molecule has 14 nitrogen and oxygen atoms in total. The molecule has 7 rings (SSSR count). The third-order valence-corrected chi connectivity index (χ3v) is 9.57. The number of ether oxygens (including phenoxy) is 3. The summed E-state index contributed by atoms with van der Waals surface area (Å²) in [7, 11) is 0. The SMILES string of the molecule is Cc1nn(CC(O)CO)c(=O)n1-c1ccc(N2CCN(c3ccc(OCC4COC(Cn5cncn5)(c5ccc(Cl)cc5Cl)O4)cc3)CC2)cc1. The van der Waals surface area contributed by atoms with Gasteiger partial charge in [0, 0.05) is 48.1 Å². The number of aromatic nitrogens is 6. The number of aryl methyl sites for hydroxylation is 1. The van der Waals surface area contributed by atoms with Crippen LogP contribution in [0.5, 0.6) is 5.75 Å². The highest BCUT2D eigenvalue weighted by Crippen LogP contribution is 2.40. The van der Waals surface area contributed by atoms with Crippen molar-refractivity contribution < 1.29 is 24.4 Å². The molecular weight excluding hydrogens is 699 g/mol. The van der Waals surface area contributed by atoms with Gasteiger partial charge in [-0.25, -0.2) is 23.7 Å². The number of aliphatic hydroxyl groups is 2. The van der Waals surface area contributed by atoms with E-state index in [2.05, 4.69) is 37.1 Å². The number of nitrogens with zero attached hydrogens (tertiary/aromatic N) is 8. The van der Waals surface area contributed by atoms with E-state index in [1.165, 1.54) is 15.6 Å². The zero-order valence-corrected chi connectivity index (χ0v) is 29.4. The molecule has 5 aromatic rings. The van der Waals surface area contributed by atoms with Gasteiger partial charge in [-0.05, 0) is 67.6 Å². The Morgan fingerprint density at radius 2 is 1.65 bits per heavy atom. The molecule has 0 bridgehead atoms. The summed E-state index contributed by atoms with van der Waals surface area (Å²) >= 11 is 12.7. The summed E-state index contributed by atoms with van der Waals surface area (Å²) in [6, 6.07) is 21.1. The minimum absolute atomic E-state index is 0.0685. The summed E-state index contributed by atoms with van der Waals surface area (Å²) in [6.45, 7) is 5.42. The molecule has 2 aromatic heterocycles. The number of hydrogen-bond acceptors (Lipinski definition) is 11. The predicted molar refractivity (Wildman–Crippen MR) is 191 cm³/mol. The highest BCUT2D eigenvalue weighted by atomic mass is 35.5. The van der Waals surface area contributed by atoms with Crippen LogP contribution in [0.1, 0.15) is 11.4 Å². The Hall–Kier alpha value is -4.44. The second-order valence-corrected chi connectivity index (χ2v) is 13.3. The molecule has 3 aromatic carbocycles. The molecule has 16 heteroatoms. The van der Waals surface area contributed by atoms with Gasteiger partial charge in [0.1, 0.15) is 43.5 Å². The molecule has 2 aliphatic heterocycles. The fourth-order valence-corrected chi connectivity index (χ4v) is 7.00. The van der Waals surface area contributed by atoms with E-state index >= 15 is 0 Å². The van der Waals surface area contributed by atoms with Crippen molar-refractivity contribution in [2.24, 2.45) is 0 Å². The summed E-state index contributed by atoms with van der Waals surface area (Å²) in [4.78, 5) is 21.6. The van der Waals surface area contributed by atoms with Gasteiger partial charge < -0.3 is 34.2 Å². The van der Waals surface area contributed by atoms with Crippen LogP contribution in [0.3, 0.4) is 0 Å². The van der Waals surface area contributed by atoms with E-state index in [4.69, 9.17) is 42.5 Å². The largest absolute Gasteiger partial charge is 0.491 e. The topological polar surface area (TPSA) is 145 Å². The van der Waals surface area contributed by atoms with E-state index in [0.29, 0.717) is 33.7 Å². The molecule has 2 saturated heterocycles. The molecule has 0 saturated carbocycles. The number of benzene rings is 3. The molecule has 51 heavy (non-hydrogen) atoms. The molecule has 268 valence electrons. The van der Waals surface area contributed by atoms with Crippen molar-refractivity contribution in [3.05, 3.63) is 111 Å². The van der Waals surface area contributed by atoms with Gasteiger partial charge in [0.25, 0.3) is 0 Å². The Morgan fingerprint density at radius 1 is 0.980 bits per heavy atom. The fraction of sp³-hybridized carbons (Fsp3) is 0.371. The first-order chi connectivity index (χ1) is 24.7. The van der Waals surface area contributed by atoms with Crippen LogP contribution in [0.15, 0.2) is 84.2 Å². The van der Waals surface area contributed by atoms with Gasteiger partial charge in [-0.2, -0.15) is 10.2 Å². The zero-order chi connectivity index (χ0) is 35.5. The van der Waals surface area contributed by atoms with Crippen LogP contribution < -0.4 is 20.2 Å². The molecular formula is C35H38Cl2N8O6. The lowest BCUT2D eigenvalue weighted by atomic mass is 10.1.